The zero-order chi connectivity index (χ0) is 12.3. The van der Waals surface area contributed by atoms with Crippen molar-refractivity contribution in [2.24, 2.45) is 0 Å². The molecule has 0 aromatic carbocycles. The fourth-order valence-electron chi connectivity index (χ4n) is 1.49. The third-order valence-electron chi connectivity index (χ3n) is 2.45. The predicted octanol–water partition coefficient (Wildman–Crippen LogP) is 0.853. The predicted molar refractivity (Wildman–Crippen MR) is 65.1 cm³/mol. The van der Waals surface area contributed by atoms with Gasteiger partial charge in [-0.1, -0.05) is 19.1 Å². The van der Waals surface area contributed by atoms with Gasteiger partial charge in [0, 0.05) is 37.5 Å². The van der Waals surface area contributed by atoms with Gasteiger partial charge in [-0.25, -0.2) is 4.98 Å². The minimum absolute atomic E-state index is 0.202. The molecule has 7 nitrogen and oxygen atoms in total. The minimum atomic E-state index is 0.202. The van der Waals surface area contributed by atoms with Crippen molar-refractivity contribution >= 4 is 16.7 Å². The number of tetrazole rings is 1. The quantitative estimate of drug-likeness (QED) is 0.850. The zero-order valence-electron chi connectivity index (χ0n) is 10.1. The summed E-state index contributed by atoms with van der Waals surface area (Å²) in [6.07, 6.45) is 0.866. The van der Waals surface area contributed by atoms with Crippen LogP contribution in [0.3, 0.4) is 0 Å². The van der Waals surface area contributed by atoms with Crippen molar-refractivity contribution in [1.29, 1.82) is 0 Å². The Morgan fingerprint density at radius 2 is 2.29 bits per heavy atom. The highest BCUT2D eigenvalue weighted by Gasteiger charge is 2.15. The van der Waals surface area contributed by atoms with Crippen LogP contribution in [0.15, 0.2) is 0 Å². The van der Waals surface area contributed by atoms with Gasteiger partial charge in [0.1, 0.15) is 5.82 Å². The molecule has 0 aliphatic carbocycles. The van der Waals surface area contributed by atoms with Crippen LogP contribution in [0.25, 0.3) is 0 Å². The van der Waals surface area contributed by atoms with Gasteiger partial charge in [0.15, 0.2) is 5.82 Å². The highest BCUT2D eigenvalue weighted by molar-refractivity contribution is 7.09. The largest absolute Gasteiger partial charge is 0.349 e. The monoisotopic (exact) mass is 253 g/mol. The fourth-order valence-corrected chi connectivity index (χ4v) is 2.21. The van der Waals surface area contributed by atoms with E-state index in [1.807, 2.05) is 14.0 Å². The molecule has 0 aliphatic rings. The summed E-state index contributed by atoms with van der Waals surface area (Å²) in [6, 6.07) is 0. The molecule has 1 atom stereocenters. The second-order valence-corrected chi connectivity index (χ2v) is 4.63. The summed E-state index contributed by atoms with van der Waals surface area (Å²) in [5.74, 6) is 1.81. The van der Waals surface area contributed by atoms with Gasteiger partial charge in [0.05, 0.1) is 0 Å². The summed E-state index contributed by atoms with van der Waals surface area (Å²) in [7, 11) is 2.00. The van der Waals surface area contributed by atoms with E-state index in [1.165, 1.54) is 11.5 Å². The number of nitrogens with one attached hydrogen (secondary N) is 1. The average molecular weight is 253 g/mol. The van der Waals surface area contributed by atoms with Crippen LogP contribution in [0.1, 0.15) is 31.4 Å². The lowest BCUT2D eigenvalue weighted by Crippen LogP contribution is -2.23. The van der Waals surface area contributed by atoms with Gasteiger partial charge < -0.3 is 4.90 Å². The van der Waals surface area contributed by atoms with E-state index in [4.69, 9.17) is 0 Å². The molecule has 0 fully saturated rings. The Morgan fingerprint density at radius 3 is 2.88 bits per heavy atom. The Morgan fingerprint density at radius 1 is 1.47 bits per heavy atom. The number of aryl methyl sites for hydroxylation is 1. The Kier molecular flexibility index (Phi) is 3.62. The maximum Gasteiger partial charge on any atom is 0.204 e. The molecule has 92 valence electrons. The van der Waals surface area contributed by atoms with E-state index >= 15 is 0 Å². The summed E-state index contributed by atoms with van der Waals surface area (Å²) < 4.78 is 4.26. The fraction of sp³-hybridized carbons (Fsp3) is 0.667. The van der Waals surface area contributed by atoms with Crippen molar-refractivity contribution in [1.82, 2.24) is 30.0 Å². The molecule has 2 aromatic heterocycles. The Hall–Kier alpha value is -1.57. The van der Waals surface area contributed by atoms with Crippen LogP contribution in [0.2, 0.25) is 0 Å². The first kappa shape index (κ1) is 11.9. The smallest absolute Gasteiger partial charge is 0.204 e. The first-order chi connectivity index (χ1) is 8.20. The number of aromatic amines is 1. The molecule has 0 spiro atoms. The molecule has 0 amide bonds. The number of H-pyrrole nitrogens is 1. The molecule has 2 rings (SSSR count). The third kappa shape index (κ3) is 2.76. The topological polar surface area (TPSA) is 83.5 Å². The van der Waals surface area contributed by atoms with E-state index in [2.05, 4.69) is 41.8 Å². The molecule has 0 saturated carbocycles. The summed E-state index contributed by atoms with van der Waals surface area (Å²) in [6.45, 7) is 4.90. The van der Waals surface area contributed by atoms with Crippen molar-refractivity contribution in [2.45, 2.75) is 26.2 Å². The van der Waals surface area contributed by atoms with Crippen molar-refractivity contribution in [2.75, 3.05) is 18.5 Å². The van der Waals surface area contributed by atoms with E-state index < -0.39 is 0 Å². The van der Waals surface area contributed by atoms with E-state index in [0.29, 0.717) is 0 Å². The maximum absolute atomic E-state index is 4.43. The normalized spacial score (nSPS) is 12.6. The summed E-state index contributed by atoms with van der Waals surface area (Å²) >= 11 is 1.42. The molecular formula is C9H15N7S. The van der Waals surface area contributed by atoms with Crippen LogP contribution in [0, 0.1) is 0 Å². The van der Waals surface area contributed by atoms with Crippen molar-refractivity contribution < 1.29 is 0 Å². The van der Waals surface area contributed by atoms with Crippen LogP contribution in [0.5, 0.6) is 0 Å². The Labute approximate surface area is 103 Å². The lowest BCUT2D eigenvalue weighted by Gasteiger charge is -2.17. The van der Waals surface area contributed by atoms with E-state index in [0.717, 1.165) is 29.7 Å². The van der Waals surface area contributed by atoms with Crippen LogP contribution in [-0.4, -0.2) is 43.6 Å². The third-order valence-corrected chi connectivity index (χ3v) is 3.32. The number of aromatic nitrogens is 6. The summed E-state index contributed by atoms with van der Waals surface area (Å²) in [5, 5.41) is 14.9. The zero-order valence-corrected chi connectivity index (χ0v) is 10.9. The molecule has 1 unspecified atom stereocenters. The van der Waals surface area contributed by atoms with Crippen molar-refractivity contribution in [3.05, 3.63) is 11.6 Å². The maximum atomic E-state index is 4.43. The second kappa shape index (κ2) is 5.17. The molecule has 0 radical (unpaired) electrons. The molecule has 0 aliphatic heterocycles. The lowest BCUT2D eigenvalue weighted by molar-refractivity contribution is 0.685. The van der Waals surface area contributed by atoms with Crippen LogP contribution in [-0.2, 0) is 6.42 Å². The van der Waals surface area contributed by atoms with Gasteiger partial charge in [-0.3, -0.25) is 0 Å². The average Bonchev–Trinajstić information content (AvgIpc) is 3.00. The van der Waals surface area contributed by atoms with Gasteiger partial charge in [-0.05, 0) is 0 Å². The van der Waals surface area contributed by atoms with E-state index in [1.54, 1.807) is 0 Å². The van der Waals surface area contributed by atoms with E-state index in [9.17, 15) is 0 Å². The molecule has 17 heavy (non-hydrogen) atoms. The standard InChI is InChI=1S/C9H15N7S/c1-4-7-10-9(17-13-7)16(3)5-6(2)8-11-14-15-12-8/h6H,4-5H2,1-3H3,(H,11,12,14,15). The molecule has 8 heteroatoms. The highest BCUT2D eigenvalue weighted by atomic mass is 32.1. The summed E-state index contributed by atoms with van der Waals surface area (Å²) in [5.41, 5.74) is 0. The van der Waals surface area contributed by atoms with Crippen molar-refractivity contribution in [3.8, 4) is 0 Å². The number of hydrogen-bond acceptors (Lipinski definition) is 7. The lowest BCUT2D eigenvalue weighted by atomic mass is 10.1. The molecular weight excluding hydrogens is 238 g/mol. The molecule has 1 N–H and O–H groups in total. The van der Waals surface area contributed by atoms with Gasteiger partial charge in [-0.2, -0.15) is 9.59 Å². The number of likely N-dealkylation sites (N-methyl/N-ethyl adjacent to an activating group) is 1. The number of anilines is 1. The molecule has 2 aromatic rings. The molecule has 2 heterocycles. The van der Waals surface area contributed by atoms with Crippen LogP contribution >= 0.6 is 11.5 Å². The van der Waals surface area contributed by atoms with Gasteiger partial charge in [0.25, 0.3) is 0 Å². The van der Waals surface area contributed by atoms with Crippen LogP contribution < -0.4 is 4.90 Å². The van der Waals surface area contributed by atoms with Crippen LogP contribution in [0.4, 0.5) is 5.13 Å². The Bertz CT molecular complexity index is 452. The number of hydrogen-bond donors (Lipinski definition) is 1. The molecule has 0 bridgehead atoms. The van der Waals surface area contributed by atoms with Gasteiger partial charge in [0.2, 0.25) is 5.13 Å². The van der Waals surface area contributed by atoms with Gasteiger partial charge in [-0.15, -0.1) is 10.2 Å². The van der Waals surface area contributed by atoms with Crippen molar-refractivity contribution in [3.63, 3.8) is 0 Å². The minimum Gasteiger partial charge on any atom is -0.349 e. The van der Waals surface area contributed by atoms with E-state index in [-0.39, 0.29) is 5.92 Å². The SMILES string of the molecule is CCc1nsc(N(C)CC(C)c2nn[nH]n2)n1. The summed E-state index contributed by atoms with van der Waals surface area (Å²) in [4.78, 5) is 6.50. The number of nitrogens with zero attached hydrogens (tertiary/aromatic N) is 6. The first-order valence-corrected chi connectivity index (χ1v) is 6.25. The highest BCUT2D eigenvalue weighted by Crippen LogP contribution is 2.19. The molecule has 0 saturated heterocycles. The second-order valence-electron chi connectivity index (χ2n) is 3.90. The Balaban J connectivity index is 1.99. The first-order valence-electron chi connectivity index (χ1n) is 5.47. The van der Waals surface area contributed by atoms with Gasteiger partial charge >= 0.3 is 0 Å². The number of rotatable bonds is 5.